The van der Waals surface area contributed by atoms with Crippen LogP contribution in [0, 0.1) is 17.9 Å². The molecule has 7 rings (SSSR count). The number of rotatable bonds is 8. The number of benzene rings is 5. The minimum Gasteiger partial charge on any atom is -0.272 e. The van der Waals surface area contributed by atoms with Crippen molar-refractivity contribution in [2.24, 2.45) is 0 Å². The number of nitrogens with zero attached hydrogens (tertiary/aromatic N) is 4. The Morgan fingerprint density at radius 1 is 0.674 bits per heavy atom. The molecule has 0 aliphatic carbocycles. The smallest absolute Gasteiger partial charge is 0.261 e. The predicted molar refractivity (Wildman–Crippen MR) is 178 cm³/mol. The predicted octanol–water partition coefficient (Wildman–Crippen LogP) is 8.51. The second-order valence-corrected chi connectivity index (χ2v) is 12.7. The summed E-state index contributed by atoms with van der Waals surface area (Å²) in [5.74, 6) is -1.62. The lowest BCUT2D eigenvalue weighted by Gasteiger charge is -2.34. The van der Waals surface area contributed by atoms with Crippen molar-refractivity contribution in [3.63, 3.8) is 0 Å². The molecule has 2 aliphatic rings. The minimum absolute atomic E-state index is 0.234. The normalized spacial score (nSPS) is 15.8. The fraction of sp³-hybridized carbons (Fsp3) is 0.316. The maximum Gasteiger partial charge on any atom is 0.261 e. The van der Waals surface area contributed by atoms with E-state index >= 15 is 0 Å². The number of imide groups is 2. The number of carbonyl (C=O) groups excluding carboxylic acids is 4. The molecule has 8 heteroatoms. The summed E-state index contributed by atoms with van der Waals surface area (Å²) < 4.78 is 0. The van der Waals surface area contributed by atoms with Crippen molar-refractivity contribution >= 4 is 72.4 Å². The average molecular weight is 609 g/mol. The molecule has 2 atom stereocenters. The Hall–Kier alpha value is -5.34. The molecule has 46 heavy (non-hydrogen) atoms. The number of carbonyl (C=O) groups is 4. The summed E-state index contributed by atoms with van der Waals surface area (Å²) >= 11 is 0. The summed E-state index contributed by atoms with van der Waals surface area (Å²) in [6, 6.07) is 11.8. The van der Waals surface area contributed by atoms with E-state index in [2.05, 4.69) is 24.8 Å². The van der Waals surface area contributed by atoms with Crippen LogP contribution in [0.3, 0.4) is 0 Å². The standard InChI is InChI=1S/C38H32N4O4/c1-6-8-10-19(3)41-35(43)24-15-13-23-32-28(40-5)17-27-31-25(36(44)42(38(27)46)20(4)11-9-7-2)14-12-22(34(31)32)29-21(18-39)16-26(37(41)45)30(24)33(23)29/h12-17,19-20H,6-11H2,1-4H3. The van der Waals surface area contributed by atoms with E-state index < -0.39 is 11.8 Å². The second kappa shape index (κ2) is 10.6. The molecular weight excluding hydrogens is 576 g/mol. The first-order valence-electron chi connectivity index (χ1n) is 16.0. The molecule has 2 aliphatic heterocycles. The molecule has 0 N–H and O–H groups in total. The summed E-state index contributed by atoms with van der Waals surface area (Å²) in [5.41, 5.74) is 1.82. The number of amides is 4. The van der Waals surface area contributed by atoms with Gasteiger partial charge in [0.05, 0.1) is 23.8 Å². The third kappa shape index (κ3) is 3.77. The zero-order chi connectivity index (χ0) is 32.6. The highest BCUT2D eigenvalue weighted by Crippen LogP contribution is 2.50. The molecule has 0 spiro atoms. The highest BCUT2D eigenvalue weighted by Gasteiger charge is 2.40. The molecule has 5 aromatic carbocycles. The number of nitriles is 1. The Labute approximate surface area is 266 Å². The fourth-order valence-electron chi connectivity index (χ4n) is 7.72. The zero-order valence-corrected chi connectivity index (χ0v) is 26.3. The first kappa shape index (κ1) is 29.4. The van der Waals surface area contributed by atoms with E-state index in [0.717, 1.165) is 25.7 Å². The first-order chi connectivity index (χ1) is 22.2. The van der Waals surface area contributed by atoms with Crippen molar-refractivity contribution in [3.8, 4) is 6.07 Å². The molecule has 0 bridgehead atoms. The lowest BCUT2D eigenvalue weighted by molar-refractivity contribution is 0.0527. The fourth-order valence-corrected chi connectivity index (χ4v) is 7.72. The summed E-state index contributed by atoms with van der Waals surface area (Å²) in [5, 5.41) is 14.8. The maximum atomic E-state index is 14.0. The number of fused-ring (bicyclic) bond motifs is 2. The molecule has 0 aromatic heterocycles. The lowest BCUT2D eigenvalue weighted by Crippen LogP contribution is -2.46. The van der Waals surface area contributed by atoms with Crippen LogP contribution >= 0.6 is 0 Å². The van der Waals surface area contributed by atoms with E-state index in [1.54, 1.807) is 36.4 Å². The van der Waals surface area contributed by atoms with E-state index in [-0.39, 0.29) is 40.7 Å². The number of unbranched alkanes of at least 4 members (excludes halogenated alkanes) is 2. The highest BCUT2D eigenvalue weighted by molar-refractivity contribution is 6.43. The molecular formula is C38H32N4O4. The van der Waals surface area contributed by atoms with Crippen molar-refractivity contribution in [3.05, 3.63) is 75.6 Å². The van der Waals surface area contributed by atoms with Crippen LogP contribution in [0.4, 0.5) is 5.69 Å². The third-order valence-electron chi connectivity index (χ3n) is 9.95. The van der Waals surface area contributed by atoms with Gasteiger partial charge in [-0.3, -0.25) is 29.0 Å². The molecule has 228 valence electrons. The molecule has 2 unspecified atom stereocenters. The van der Waals surface area contributed by atoms with Gasteiger partial charge in [0, 0.05) is 44.9 Å². The number of hydrogen-bond acceptors (Lipinski definition) is 5. The molecule has 0 fully saturated rings. The van der Waals surface area contributed by atoms with Gasteiger partial charge in [0.25, 0.3) is 23.6 Å². The molecule has 2 heterocycles. The monoisotopic (exact) mass is 608 g/mol. The van der Waals surface area contributed by atoms with E-state index in [4.69, 9.17) is 6.57 Å². The quantitative estimate of drug-likeness (QED) is 0.0760. The van der Waals surface area contributed by atoms with E-state index in [9.17, 15) is 24.4 Å². The molecule has 8 nitrogen and oxygen atoms in total. The van der Waals surface area contributed by atoms with Crippen LogP contribution in [0.2, 0.25) is 0 Å². The van der Waals surface area contributed by atoms with Crippen molar-refractivity contribution in [2.75, 3.05) is 0 Å². The van der Waals surface area contributed by atoms with Gasteiger partial charge in [-0.1, -0.05) is 51.7 Å². The van der Waals surface area contributed by atoms with Gasteiger partial charge < -0.3 is 0 Å². The lowest BCUT2D eigenvalue weighted by atomic mass is 9.80. The van der Waals surface area contributed by atoms with Gasteiger partial charge in [0.1, 0.15) is 0 Å². The van der Waals surface area contributed by atoms with Crippen LogP contribution in [0.15, 0.2) is 36.4 Å². The number of hydrogen-bond donors (Lipinski definition) is 0. The molecule has 0 saturated heterocycles. The van der Waals surface area contributed by atoms with Crippen molar-refractivity contribution in [1.29, 1.82) is 5.26 Å². The van der Waals surface area contributed by atoms with Crippen LogP contribution in [-0.2, 0) is 0 Å². The average Bonchev–Trinajstić information content (AvgIpc) is 3.06. The van der Waals surface area contributed by atoms with Crippen LogP contribution < -0.4 is 0 Å². The minimum atomic E-state index is -0.434. The van der Waals surface area contributed by atoms with Gasteiger partial charge in [-0.2, -0.15) is 5.26 Å². The Balaban J connectivity index is 1.59. The molecule has 0 radical (unpaired) electrons. The van der Waals surface area contributed by atoms with Gasteiger partial charge in [0.2, 0.25) is 0 Å². The van der Waals surface area contributed by atoms with E-state index in [0.29, 0.717) is 72.6 Å². The van der Waals surface area contributed by atoms with Crippen molar-refractivity contribution in [1.82, 2.24) is 9.80 Å². The Morgan fingerprint density at radius 2 is 1.13 bits per heavy atom. The molecule has 4 amide bonds. The summed E-state index contributed by atoms with van der Waals surface area (Å²) in [6.45, 7) is 16.0. The van der Waals surface area contributed by atoms with Crippen LogP contribution in [0.1, 0.15) is 113 Å². The summed E-state index contributed by atoms with van der Waals surface area (Å²) in [4.78, 5) is 62.4. The SMILES string of the molecule is [C-]#[N+]c1cc2c3c(ccc4c5c(C#N)cc6c7c(ccc(c1c34)c75)C(=O)N(C(C)CCCC)C6=O)C(=O)N(C(C)CCCC)C2=O. The first-order valence-corrected chi connectivity index (χ1v) is 16.0. The highest BCUT2D eigenvalue weighted by atomic mass is 16.2. The second-order valence-electron chi connectivity index (χ2n) is 12.7. The maximum absolute atomic E-state index is 14.0. The summed E-state index contributed by atoms with van der Waals surface area (Å²) in [6.07, 6.45) is 4.96. The Morgan fingerprint density at radius 3 is 1.61 bits per heavy atom. The van der Waals surface area contributed by atoms with Gasteiger partial charge in [-0.25, -0.2) is 4.85 Å². The Bertz CT molecular complexity index is 2130. The van der Waals surface area contributed by atoms with Crippen LogP contribution in [0.25, 0.3) is 47.9 Å². The van der Waals surface area contributed by atoms with Crippen molar-refractivity contribution in [2.45, 2.75) is 78.3 Å². The molecule has 5 aromatic rings. The van der Waals surface area contributed by atoms with Crippen LogP contribution in [-0.4, -0.2) is 45.5 Å². The summed E-state index contributed by atoms with van der Waals surface area (Å²) in [7, 11) is 0. The molecule has 0 saturated carbocycles. The van der Waals surface area contributed by atoms with E-state index in [1.807, 2.05) is 13.8 Å². The Kier molecular flexibility index (Phi) is 6.79. The van der Waals surface area contributed by atoms with E-state index in [1.165, 1.54) is 9.80 Å². The van der Waals surface area contributed by atoms with Crippen molar-refractivity contribution < 1.29 is 19.2 Å². The van der Waals surface area contributed by atoms with Crippen LogP contribution in [0.5, 0.6) is 0 Å². The largest absolute Gasteiger partial charge is 0.272 e. The third-order valence-corrected chi connectivity index (χ3v) is 9.95. The van der Waals surface area contributed by atoms with Gasteiger partial charge in [0.15, 0.2) is 5.69 Å². The van der Waals surface area contributed by atoms with Gasteiger partial charge >= 0.3 is 0 Å². The van der Waals surface area contributed by atoms with Gasteiger partial charge in [-0.15, -0.1) is 0 Å². The van der Waals surface area contributed by atoms with Gasteiger partial charge in [-0.05, 0) is 77.9 Å². The topological polar surface area (TPSA) is 103 Å². The zero-order valence-electron chi connectivity index (χ0n) is 26.3.